The lowest BCUT2D eigenvalue weighted by Gasteiger charge is -2.38. The third-order valence-corrected chi connectivity index (χ3v) is 2.76. The van der Waals surface area contributed by atoms with Crippen LogP contribution in [-0.4, -0.2) is 37.2 Å². The van der Waals surface area contributed by atoms with E-state index in [1.165, 1.54) is 0 Å². The van der Waals surface area contributed by atoms with Crippen LogP contribution in [0.5, 0.6) is 0 Å². The van der Waals surface area contributed by atoms with Crippen LogP contribution >= 0.6 is 0 Å². The molecule has 0 spiro atoms. The quantitative estimate of drug-likeness (QED) is 0.510. The summed E-state index contributed by atoms with van der Waals surface area (Å²) in [6, 6.07) is 0. The van der Waals surface area contributed by atoms with E-state index in [1.54, 1.807) is 0 Å². The Bertz CT molecular complexity index is 423. The molecule has 0 saturated carbocycles. The molecule has 0 rings (SSSR count). The van der Waals surface area contributed by atoms with Crippen LogP contribution in [0.2, 0.25) is 0 Å². The predicted molar refractivity (Wildman–Crippen MR) is 51.2 cm³/mol. The molecule has 0 saturated heterocycles. The van der Waals surface area contributed by atoms with Crippen molar-refractivity contribution in [2.45, 2.75) is 43.9 Å². The van der Waals surface area contributed by atoms with Crippen LogP contribution in [0.15, 0.2) is 11.1 Å². The van der Waals surface area contributed by atoms with Gasteiger partial charge in [0, 0.05) is 12.7 Å². The van der Waals surface area contributed by atoms with Crippen molar-refractivity contribution in [3.05, 3.63) is 11.1 Å². The first-order chi connectivity index (χ1) is 9.34. The van der Waals surface area contributed by atoms with E-state index in [0.717, 1.165) is 0 Å². The number of hydrogen-bond acceptors (Lipinski definition) is 1. The van der Waals surface area contributed by atoms with Crippen molar-refractivity contribution in [2.24, 2.45) is 0 Å². The van der Waals surface area contributed by atoms with Crippen LogP contribution in [-0.2, 0) is 4.74 Å². The van der Waals surface area contributed by atoms with E-state index in [4.69, 9.17) is 0 Å². The molecular formula is C10H9F11O. The number of alkyl halides is 11. The normalized spacial score (nSPS) is 18.8. The fourth-order valence-corrected chi connectivity index (χ4v) is 1.59. The van der Waals surface area contributed by atoms with Crippen molar-refractivity contribution < 1.29 is 53.0 Å². The molecule has 12 heteroatoms. The highest BCUT2D eigenvalue weighted by Crippen LogP contribution is 2.56. The molecule has 0 aliphatic carbocycles. The summed E-state index contributed by atoms with van der Waals surface area (Å²) in [4.78, 5) is 0. The van der Waals surface area contributed by atoms with Crippen LogP contribution in [0.3, 0.4) is 0 Å². The Morgan fingerprint density at radius 2 is 1.05 bits per heavy atom. The summed E-state index contributed by atoms with van der Waals surface area (Å²) in [5, 5.41) is 0. The molecule has 1 atom stereocenters. The van der Waals surface area contributed by atoms with E-state index >= 15 is 0 Å². The smallest absolute Gasteiger partial charge is 0.346 e. The van der Waals surface area contributed by atoms with Gasteiger partial charge in [-0.15, -0.1) is 0 Å². The molecule has 0 radical (unpaired) electrons. The molecule has 0 fully saturated rings. The Morgan fingerprint density at radius 1 is 0.727 bits per heavy atom. The van der Waals surface area contributed by atoms with Gasteiger partial charge in [0.1, 0.15) is 0 Å². The van der Waals surface area contributed by atoms with Gasteiger partial charge in [-0.3, -0.25) is 0 Å². The average molecular weight is 354 g/mol. The SMILES string of the molecule is COC(C)(F)/C(=C(\C)C(F)(F)F)C(F)(C(F)(F)F)C(F)(F)F. The first-order valence-corrected chi connectivity index (χ1v) is 5.19. The Morgan fingerprint density at radius 3 is 1.23 bits per heavy atom. The van der Waals surface area contributed by atoms with Gasteiger partial charge in [-0.25, -0.2) is 8.78 Å². The predicted octanol–water partition coefficient (Wildman–Crippen LogP) is 5.03. The van der Waals surface area contributed by atoms with Gasteiger partial charge in [0.15, 0.2) is 0 Å². The van der Waals surface area contributed by atoms with Gasteiger partial charge in [0.25, 0.3) is 0 Å². The Balaban J connectivity index is 6.94. The van der Waals surface area contributed by atoms with Crippen LogP contribution in [0.1, 0.15) is 13.8 Å². The van der Waals surface area contributed by atoms with Crippen molar-refractivity contribution in [3.63, 3.8) is 0 Å². The van der Waals surface area contributed by atoms with E-state index in [-0.39, 0.29) is 21.0 Å². The van der Waals surface area contributed by atoms with Crippen LogP contribution in [0.25, 0.3) is 0 Å². The second-order valence-corrected chi connectivity index (χ2v) is 4.27. The zero-order chi connectivity index (χ0) is 18.4. The Labute approximate surface area is 116 Å². The summed E-state index contributed by atoms with van der Waals surface area (Å²) in [5.41, 5.74) is -12.6. The van der Waals surface area contributed by atoms with E-state index < -0.39 is 41.2 Å². The average Bonchev–Trinajstić information content (AvgIpc) is 2.24. The highest BCUT2D eigenvalue weighted by molar-refractivity contribution is 5.36. The summed E-state index contributed by atoms with van der Waals surface area (Å²) in [5.74, 6) is -4.32. The van der Waals surface area contributed by atoms with Gasteiger partial charge in [-0.1, -0.05) is 0 Å². The maximum atomic E-state index is 13.8. The molecule has 0 aromatic carbocycles. The minimum atomic E-state index is -6.90. The van der Waals surface area contributed by atoms with Gasteiger partial charge in [0.05, 0.1) is 5.57 Å². The number of hydrogen-bond donors (Lipinski definition) is 0. The lowest BCUT2D eigenvalue weighted by atomic mass is 9.85. The minimum Gasteiger partial charge on any atom is -0.346 e. The van der Waals surface area contributed by atoms with E-state index in [2.05, 4.69) is 4.74 Å². The third-order valence-electron chi connectivity index (χ3n) is 2.76. The number of methoxy groups -OCH3 is 1. The maximum absolute atomic E-state index is 13.8. The third kappa shape index (κ3) is 3.46. The molecular weight excluding hydrogens is 345 g/mol. The van der Waals surface area contributed by atoms with Crippen molar-refractivity contribution in [1.29, 1.82) is 0 Å². The van der Waals surface area contributed by atoms with Crippen LogP contribution in [0.4, 0.5) is 48.3 Å². The maximum Gasteiger partial charge on any atom is 0.435 e. The number of halogens is 11. The molecule has 1 unspecified atom stereocenters. The molecule has 0 aliphatic rings. The largest absolute Gasteiger partial charge is 0.435 e. The molecule has 0 N–H and O–H groups in total. The zero-order valence-electron chi connectivity index (χ0n) is 11.1. The molecule has 132 valence electrons. The number of allylic oxidation sites excluding steroid dienone is 1. The standard InChI is InChI=1S/C10H9F11O/c1-4(8(13,14)15)5(6(2,11)22-3)7(12,9(16,17)18)10(19,20)21/h1-3H3/b5-4-. The van der Waals surface area contributed by atoms with Gasteiger partial charge in [-0.05, 0) is 13.8 Å². The molecule has 0 aromatic heterocycles. The van der Waals surface area contributed by atoms with E-state index in [9.17, 15) is 48.3 Å². The lowest BCUT2D eigenvalue weighted by Crippen LogP contribution is -2.59. The first kappa shape index (κ1) is 20.9. The van der Waals surface area contributed by atoms with E-state index in [1.807, 2.05) is 0 Å². The molecule has 0 aliphatic heterocycles. The molecule has 0 amide bonds. The zero-order valence-corrected chi connectivity index (χ0v) is 11.1. The highest BCUT2D eigenvalue weighted by Gasteiger charge is 2.78. The summed E-state index contributed by atoms with van der Waals surface area (Å²) in [6.45, 7) is -0.499. The highest BCUT2D eigenvalue weighted by atomic mass is 19.4. The Hall–Kier alpha value is -1.07. The summed E-state index contributed by atoms with van der Waals surface area (Å²) in [7, 11) is 0.191. The second-order valence-electron chi connectivity index (χ2n) is 4.27. The number of rotatable bonds is 3. The molecule has 22 heavy (non-hydrogen) atoms. The first-order valence-electron chi connectivity index (χ1n) is 5.19. The van der Waals surface area contributed by atoms with Gasteiger partial charge in [0.2, 0.25) is 5.85 Å². The van der Waals surface area contributed by atoms with Gasteiger partial charge in [-0.2, -0.15) is 39.5 Å². The lowest BCUT2D eigenvalue weighted by molar-refractivity contribution is -0.336. The van der Waals surface area contributed by atoms with Crippen LogP contribution in [0, 0.1) is 0 Å². The molecule has 0 bridgehead atoms. The second kappa shape index (κ2) is 5.53. The summed E-state index contributed by atoms with van der Waals surface area (Å²) < 4.78 is 144. The van der Waals surface area contributed by atoms with Crippen molar-refractivity contribution in [1.82, 2.24) is 0 Å². The number of ether oxygens (including phenoxy) is 1. The van der Waals surface area contributed by atoms with Crippen molar-refractivity contribution in [2.75, 3.05) is 7.11 Å². The summed E-state index contributed by atoms with van der Waals surface area (Å²) in [6.07, 6.45) is -19.7. The van der Waals surface area contributed by atoms with Crippen molar-refractivity contribution >= 4 is 0 Å². The van der Waals surface area contributed by atoms with Crippen LogP contribution < -0.4 is 0 Å². The molecule has 0 heterocycles. The molecule has 1 nitrogen and oxygen atoms in total. The fraction of sp³-hybridized carbons (Fsp3) is 0.800. The Kier molecular flexibility index (Phi) is 5.26. The monoisotopic (exact) mass is 354 g/mol. The molecule has 0 aromatic rings. The van der Waals surface area contributed by atoms with Gasteiger partial charge < -0.3 is 4.74 Å². The minimum absolute atomic E-state index is 0.191. The van der Waals surface area contributed by atoms with E-state index in [0.29, 0.717) is 0 Å². The summed E-state index contributed by atoms with van der Waals surface area (Å²) >= 11 is 0. The van der Waals surface area contributed by atoms with Crippen molar-refractivity contribution in [3.8, 4) is 0 Å². The van der Waals surface area contributed by atoms with Gasteiger partial charge >= 0.3 is 24.2 Å². The topological polar surface area (TPSA) is 9.23 Å². The fourth-order valence-electron chi connectivity index (χ4n) is 1.59.